The molecule has 6 nitrogen and oxygen atoms in total. The molecule has 32 heavy (non-hydrogen) atoms. The maximum Gasteiger partial charge on any atom is 0.306 e. The van der Waals surface area contributed by atoms with E-state index in [-0.39, 0.29) is 37.2 Å². The summed E-state index contributed by atoms with van der Waals surface area (Å²) in [5.41, 5.74) is 1.74. The van der Waals surface area contributed by atoms with Crippen LogP contribution in [0.3, 0.4) is 0 Å². The Bertz CT molecular complexity index is 944. The molecule has 2 aromatic rings. The van der Waals surface area contributed by atoms with Gasteiger partial charge in [-0.25, -0.2) is 0 Å². The van der Waals surface area contributed by atoms with E-state index in [1.165, 1.54) is 0 Å². The van der Waals surface area contributed by atoms with Gasteiger partial charge in [-0.05, 0) is 36.1 Å². The van der Waals surface area contributed by atoms with Crippen LogP contribution < -0.4 is 10.6 Å². The normalized spacial score (nSPS) is 20.8. The molecule has 0 aliphatic carbocycles. The minimum Gasteiger partial charge on any atom is -0.456 e. The minimum atomic E-state index is -0.574. The van der Waals surface area contributed by atoms with Gasteiger partial charge in [-0.3, -0.25) is 14.4 Å². The maximum absolute atomic E-state index is 12.9. The van der Waals surface area contributed by atoms with Crippen molar-refractivity contribution in [3.63, 3.8) is 0 Å². The highest BCUT2D eigenvalue weighted by atomic mass is 35.5. The lowest BCUT2D eigenvalue weighted by Crippen LogP contribution is -2.37. The smallest absolute Gasteiger partial charge is 0.306 e. The third-order valence-electron chi connectivity index (χ3n) is 5.21. The summed E-state index contributed by atoms with van der Waals surface area (Å²) < 4.78 is 5.59. The second-order valence-corrected chi connectivity index (χ2v) is 8.12. The Labute approximate surface area is 193 Å². The highest BCUT2D eigenvalue weighted by Crippen LogP contribution is 2.19. The summed E-state index contributed by atoms with van der Waals surface area (Å²) in [7, 11) is 0. The Hall–Kier alpha value is -3.12. The van der Waals surface area contributed by atoms with Crippen LogP contribution in [0.15, 0.2) is 66.7 Å². The molecule has 1 unspecified atom stereocenters. The van der Waals surface area contributed by atoms with Gasteiger partial charge < -0.3 is 15.4 Å². The summed E-state index contributed by atoms with van der Waals surface area (Å²) in [5, 5.41) is 6.35. The molecular formula is C25H27ClN2O4. The highest BCUT2D eigenvalue weighted by Gasteiger charge is 2.24. The van der Waals surface area contributed by atoms with Crippen molar-refractivity contribution in [2.45, 2.75) is 38.3 Å². The third kappa shape index (κ3) is 7.54. The van der Waals surface area contributed by atoms with Crippen molar-refractivity contribution in [1.29, 1.82) is 0 Å². The molecular weight excluding hydrogens is 428 g/mol. The predicted molar refractivity (Wildman–Crippen MR) is 123 cm³/mol. The lowest BCUT2D eigenvalue weighted by atomic mass is 9.98. The van der Waals surface area contributed by atoms with Gasteiger partial charge >= 0.3 is 5.97 Å². The molecule has 0 saturated heterocycles. The summed E-state index contributed by atoms with van der Waals surface area (Å²) in [6.07, 6.45) is 4.41. The monoisotopic (exact) mass is 454 g/mol. The van der Waals surface area contributed by atoms with Gasteiger partial charge in [-0.1, -0.05) is 66.2 Å². The Morgan fingerprint density at radius 3 is 2.56 bits per heavy atom. The third-order valence-corrected chi connectivity index (χ3v) is 5.47. The predicted octanol–water partition coefficient (Wildman–Crippen LogP) is 4.10. The summed E-state index contributed by atoms with van der Waals surface area (Å²) in [5.74, 6) is -1.26. The van der Waals surface area contributed by atoms with Gasteiger partial charge in [0, 0.05) is 24.4 Å². The van der Waals surface area contributed by atoms with Crippen molar-refractivity contribution in [3.8, 4) is 0 Å². The van der Waals surface area contributed by atoms with Gasteiger partial charge in [0.1, 0.15) is 6.10 Å². The van der Waals surface area contributed by atoms with Crippen LogP contribution in [0.5, 0.6) is 0 Å². The van der Waals surface area contributed by atoms with E-state index >= 15 is 0 Å². The molecule has 0 bridgehead atoms. The number of allylic oxidation sites excluding steroid dienone is 2. The molecule has 2 aromatic carbocycles. The molecule has 1 aliphatic heterocycles. The number of benzene rings is 2. The number of ether oxygens (including phenoxy) is 1. The number of cyclic esters (lactones) is 1. The van der Waals surface area contributed by atoms with Crippen LogP contribution in [0.2, 0.25) is 5.02 Å². The van der Waals surface area contributed by atoms with Gasteiger partial charge in [-0.15, -0.1) is 0 Å². The average molecular weight is 455 g/mol. The van der Waals surface area contributed by atoms with E-state index in [0.717, 1.165) is 11.1 Å². The Morgan fingerprint density at radius 2 is 1.81 bits per heavy atom. The maximum atomic E-state index is 12.9. The van der Waals surface area contributed by atoms with Crippen molar-refractivity contribution in [3.05, 3.63) is 82.9 Å². The molecule has 1 aliphatic rings. The van der Waals surface area contributed by atoms with Crippen molar-refractivity contribution in [2.24, 2.45) is 5.92 Å². The first-order chi connectivity index (χ1) is 15.5. The Morgan fingerprint density at radius 1 is 1.06 bits per heavy atom. The number of rotatable bonds is 5. The number of nitrogens with one attached hydrogen (secondary N) is 2. The van der Waals surface area contributed by atoms with Gasteiger partial charge in [0.05, 0.1) is 12.5 Å². The molecule has 7 heteroatoms. The average Bonchev–Trinajstić information content (AvgIpc) is 2.80. The number of hydrogen-bond acceptors (Lipinski definition) is 4. The SMILES string of the molecule is O=C(CC1C/C=C/CCC(=O)O[C@H](c2ccccc2)CNC1=O)NCc1ccc(Cl)cc1. The fraction of sp³-hybridized carbons (Fsp3) is 0.320. The van der Waals surface area contributed by atoms with E-state index in [1.807, 2.05) is 54.6 Å². The van der Waals surface area contributed by atoms with Crippen molar-refractivity contribution in [1.82, 2.24) is 10.6 Å². The van der Waals surface area contributed by atoms with Crippen LogP contribution in [0, 0.1) is 5.92 Å². The first kappa shape index (κ1) is 23.5. The number of esters is 1. The molecule has 168 valence electrons. The number of carbonyl (C=O) groups is 3. The minimum absolute atomic E-state index is 0.0690. The topological polar surface area (TPSA) is 84.5 Å². The first-order valence-corrected chi connectivity index (χ1v) is 11.1. The van der Waals surface area contributed by atoms with Crippen LogP contribution in [0.1, 0.15) is 42.9 Å². The Kier molecular flexibility index (Phi) is 8.87. The van der Waals surface area contributed by atoms with Gasteiger partial charge in [0.25, 0.3) is 0 Å². The van der Waals surface area contributed by atoms with Gasteiger partial charge in [0.15, 0.2) is 0 Å². The van der Waals surface area contributed by atoms with Gasteiger partial charge in [0.2, 0.25) is 11.8 Å². The van der Waals surface area contributed by atoms with Crippen LogP contribution in [-0.4, -0.2) is 24.3 Å². The van der Waals surface area contributed by atoms with Crippen LogP contribution in [0.25, 0.3) is 0 Å². The van der Waals surface area contributed by atoms with Crippen molar-refractivity contribution < 1.29 is 19.1 Å². The summed E-state index contributed by atoms with van der Waals surface area (Å²) in [6.45, 7) is 0.521. The quantitative estimate of drug-likeness (QED) is 0.526. The fourth-order valence-electron chi connectivity index (χ4n) is 3.41. The van der Waals surface area contributed by atoms with E-state index in [2.05, 4.69) is 10.6 Å². The molecule has 0 fully saturated rings. The number of halogens is 1. The van der Waals surface area contributed by atoms with E-state index in [4.69, 9.17) is 16.3 Å². The zero-order valence-corrected chi connectivity index (χ0v) is 18.5. The molecule has 0 radical (unpaired) electrons. The molecule has 0 spiro atoms. The number of carbonyl (C=O) groups excluding carboxylic acids is 3. The molecule has 0 saturated carbocycles. The molecule has 3 rings (SSSR count). The van der Waals surface area contributed by atoms with Crippen molar-refractivity contribution >= 4 is 29.4 Å². The molecule has 0 aromatic heterocycles. The van der Waals surface area contributed by atoms with E-state index in [9.17, 15) is 14.4 Å². The largest absolute Gasteiger partial charge is 0.456 e. The van der Waals surface area contributed by atoms with E-state index in [1.54, 1.807) is 12.1 Å². The number of amides is 2. The first-order valence-electron chi connectivity index (χ1n) is 10.7. The molecule has 2 atom stereocenters. The van der Waals surface area contributed by atoms with Crippen LogP contribution in [0.4, 0.5) is 0 Å². The molecule has 1 heterocycles. The zero-order valence-electron chi connectivity index (χ0n) is 17.8. The van der Waals surface area contributed by atoms with Crippen LogP contribution in [-0.2, 0) is 25.7 Å². The zero-order chi connectivity index (χ0) is 22.8. The number of hydrogen-bond donors (Lipinski definition) is 2. The lowest BCUT2D eigenvalue weighted by molar-refractivity contribution is -0.150. The second kappa shape index (κ2) is 12.1. The second-order valence-electron chi connectivity index (χ2n) is 7.68. The standard InChI is InChI=1S/C25H27ClN2O4/c26-21-13-11-18(12-14-21)16-27-23(29)15-20-9-5-2-6-10-24(30)32-22(17-28-25(20)31)19-7-3-1-4-8-19/h1-5,7-8,11-14,20,22H,6,9-10,15-17H2,(H,27,29)(H,28,31)/b5-2+/t20?,22-/m0/s1. The lowest BCUT2D eigenvalue weighted by Gasteiger charge is -2.21. The van der Waals surface area contributed by atoms with Crippen molar-refractivity contribution in [2.75, 3.05) is 6.54 Å². The van der Waals surface area contributed by atoms with Gasteiger partial charge in [-0.2, -0.15) is 0 Å². The van der Waals surface area contributed by atoms with E-state index in [0.29, 0.717) is 24.4 Å². The Balaban J connectivity index is 1.62. The highest BCUT2D eigenvalue weighted by molar-refractivity contribution is 6.30. The molecule has 2 amide bonds. The molecule has 2 N–H and O–H groups in total. The summed E-state index contributed by atoms with van der Waals surface area (Å²) in [6, 6.07) is 16.5. The van der Waals surface area contributed by atoms with Crippen LogP contribution >= 0.6 is 11.6 Å². The fourth-order valence-corrected chi connectivity index (χ4v) is 3.54. The summed E-state index contributed by atoms with van der Waals surface area (Å²) >= 11 is 5.89. The van der Waals surface area contributed by atoms with E-state index < -0.39 is 12.0 Å². The summed E-state index contributed by atoms with van der Waals surface area (Å²) in [4.78, 5) is 37.5.